The molecular formula is C11H14BrFN2. The van der Waals surface area contributed by atoms with Crippen LogP contribution in [0.2, 0.25) is 0 Å². The summed E-state index contributed by atoms with van der Waals surface area (Å²) in [4.78, 5) is 6.21. The molecule has 0 aliphatic carbocycles. The first-order chi connectivity index (χ1) is 7.00. The molecule has 0 aromatic carbocycles. The van der Waals surface area contributed by atoms with Gasteiger partial charge in [-0.15, -0.1) is 0 Å². The van der Waals surface area contributed by atoms with E-state index in [2.05, 4.69) is 39.7 Å². The van der Waals surface area contributed by atoms with Crippen LogP contribution in [0, 0.1) is 5.82 Å². The molecule has 1 aromatic rings. The summed E-state index contributed by atoms with van der Waals surface area (Å²) in [6, 6.07) is 1.47. The van der Waals surface area contributed by atoms with E-state index in [9.17, 15) is 4.39 Å². The maximum Gasteiger partial charge on any atom is 0.166 e. The molecule has 82 valence electrons. The first kappa shape index (κ1) is 10.9. The van der Waals surface area contributed by atoms with E-state index < -0.39 is 0 Å². The molecule has 15 heavy (non-hydrogen) atoms. The first-order valence-electron chi connectivity index (χ1n) is 5.09. The Morgan fingerprint density at radius 3 is 2.80 bits per heavy atom. The SMILES string of the molecule is CC1(C)CCCN1c1ncc(Br)cc1F. The highest BCUT2D eigenvalue weighted by molar-refractivity contribution is 9.10. The van der Waals surface area contributed by atoms with Crippen LogP contribution in [0.25, 0.3) is 0 Å². The Kier molecular flexibility index (Phi) is 2.71. The van der Waals surface area contributed by atoms with Gasteiger partial charge in [0.05, 0.1) is 0 Å². The summed E-state index contributed by atoms with van der Waals surface area (Å²) in [5.41, 5.74) is 0.0155. The van der Waals surface area contributed by atoms with Crippen molar-refractivity contribution < 1.29 is 4.39 Å². The molecule has 0 radical (unpaired) electrons. The number of hydrogen-bond acceptors (Lipinski definition) is 2. The third-order valence-electron chi connectivity index (χ3n) is 2.95. The van der Waals surface area contributed by atoms with Gasteiger partial charge >= 0.3 is 0 Å². The number of hydrogen-bond donors (Lipinski definition) is 0. The van der Waals surface area contributed by atoms with Crippen LogP contribution >= 0.6 is 15.9 Å². The van der Waals surface area contributed by atoms with Gasteiger partial charge < -0.3 is 4.90 Å². The van der Waals surface area contributed by atoms with Crippen molar-refractivity contribution in [2.75, 3.05) is 11.4 Å². The van der Waals surface area contributed by atoms with Crippen LogP contribution in [0.5, 0.6) is 0 Å². The fourth-order valence-corrected chi connectivity index (χ4v) is 2.41. The molecule has 0 bridgehead atoms. The second-order valence-electron chi connectivity index (χ2n) is 4.53. The molecule has 1 aliphatic rings. The van der Waals surface area contributed by atoms with Crippen molar-refractivity contribution in [2.45, 2.75) is 32.2 Å². The van der Waals surface area contributed by atoms with Gasteiger partial charge in [-0.3, -0.25) is 0 Å². The fourth-order valence-electron chi connectivity index (χ4n) is 2.11. The standard InChI is InChI=1S/C11H14BrFN2/c1-11(2)4-3-5-15(11)10-9(13)6-8(12)7-14-10/h6-7H,3-5H2,1-2H3. The summed E-state index contributed by atoms with van der Waals surface area (Å²) in [5, 5.41) is 0. The lowest BCUT2D eigenvalue weighted by Crippen LogP contribution is -2.39. The second kappa shape index (κ2) is 3.74. The Labute approximate surface area is 97.6 Å². The van der Waals surface area contributed by atoms with Crippen molar-refractivity contribution in [1.82, 2.24) is 4.98 Å². The summed E-state index contributed by atoms with van der Waals surface area (Å²) < 4.78 is 14.4. The summed E-state index contributed by atoms with van der Waals surface area (Å²) in [7, 11) is 0. The molecule has 1 aromatic heterocycles. The quantitative estimate of drug-likeness (QED) is 0.780. The average molecular weight is 273 g/mol. The number of nitrogens with zero attached hydrogens (tertiary/aromatic N) is 2. The highest BCUT2D eigenvalue weighted by Gasteiger charge is 2.34. The third kappa shape index (κ3) is 2.00. The highest BCUT2D eigenvalue weighted by Crippen LogP contribution is 2.34. The topological polar surface area (TPSA) is 16.1 Å². The summed E-state index contributed by atoms with van der Waals surface area (Å²) >= 11 is 3.21. The number of anilines is 1. The molecule has 2 nitrogen and oxygen atoms in total. The lowest BCUT2D eigenvalue weighted by Gasteiger charge is -2.32. The van der Waals surface area contributed by atoms with E-state index in [1.165, 1.54) is 6.07 Å². The molecule has 1 fully saturated rings. The van der Waals surface area contributed by atoms with Crippen LogP contribution in [-0.2, 0) is 0 Å². The predicted octanol–water partition coefficient (Wildman–Crippen LogP) is 3.36. The summed E-state index contributed by atoms with van der Waals surface area (Å²) in [6.07, 6.45) is 3.83. The van der Waals surface area contributed by atoms with Crippen LogP contribution in [-0.4, -0.2) is 17.1 Å². The van der Waals surface area contributed by atoms with Crippen LogP contribution in [0.4, 0.5) is 10.2 Å². The van der Waals surface area contributed by atoms with Crippen LogP contribution in [0.1, 0.15) is 26.7 Å². The van der Waals surface area contributed by atoms with E-state index in [-0.39, 0.29) is 11.4 Å². The molecule has 1 aliphatic heterocycles. The molecule has 1 saturated heterocycles. The minimum Gasteiger partial charge on any atom is -0.349 e. The minimum atomic E-state index is -0.251. The zero-order chi connectivity index (χ0) is 11.1. The van der Waals surface area contributed by atoms with Crippen molar-refractivity contribution in [3.63, 3.8) is 0 Å². The number of aromatic nitrogens is 1. The molecule has 0 unspecified atom stereocenters. The normalized spacial score (nSPS) is 19.6. The second-order valence-corrected chi connectivity index (χ2v) is 5.44. The van der Waals surface area contributed by atoms with Crippen LogP contribution in [0.15, 0.2) is 16.7 Å². The van der Waals surface area contributed by atoms with Gasteiger partial charge in [-0.1, -0.05) is 0 Å². The van der Waals surface area contributed by atoms with Crippen LogP contribution in [0.3, 0.4) is 0 Å². The van der Waals surface area contributed by atoms with E-state index in [0.29, 0.717) is 10.3 Å². The lowest BCUT2D eigenvalue weighted by atomic mass is 10.0. The monoisotopic (exact) mass is 272 g/mol. The molecule has 0 spiro atoms. The Balaban J connectivity index is 2.37. The van der Waals surface area contributed by atoms with Crippen molar-refractivity contribution in [2.24, 2.45) is 0 Å². The van der Waals surface area contributed by atoms with Gasteiger partial charge in [0.1, 0.15) is 0 Å². The minimum absolute atomic E-state index is 0.0155. The highest BCUT2D eigenvalue weighted by atomic mass is 79.9. The molecule has 0 atom stereocenters. The van der Waals surface area contributed by atoms with Crippen LogP contribution < -0.4 is 4.90 Å². The largest absolute Gasteiger partial charge is 0.349 e. The van der Waals surface area contributed by atoms with Gasteiger partial charge in [-0.2, -0.15) is 0 Å². The first-order valence-corrected chi connectivity index (χ1v) is 5.89. The third-order valence-corrected chi connectivity index (χ3v) is 3.38. The number of rotatable bonds is 1. The Morgan fingerprint density at radius 1 is 1.53 bits per heavy atom. The molecular weight excluding hydrogens is 259 g/mol. The van der Waals surface area contributed by atoms with Crippen molar-refractivity contribution in [3.05, 3.63) is 22.6 Å². The van der Waals surface area contributed by atoms with Gasteiger partial charge in [0.15, 0.2) is 11.6 Å². The summed E-state index contributed by atoms with van der Waals surface area (Å²) in [5.74, 6) is 0.222. The smallest absolute Gasteiger partial charge is 0.166 e. The Hall–Kier alpha value is -0.640. The van der Waals surface area contributed by atoms with E-state index in [1.807, 2.05) is 0 Å². The molecule has 0 amide bonds. The number of pyridine rings is 1. The zero-order valence-electron chi connectivity index (χ0n) is 8.93. The fraction of sp³-hybridized carbons (Fsp3) is 0.545. The maximum absolute atomic E-state index is 13.7. The summed E-state index contributed by atoms with van der Waals surface area (Å²) in [6.45, 7) is 5.14. The van der Waals surface area contributed by atoms with Gasteiger partial charge in [-0.25, -0.2) is 9.37 Å². The van der Waals surface area contributed by atoms with Gasteiger partial charge in [0.2, 0.25) is 0 Å². The Bertz CT molecular complexity index is 379. The molecule has 2 heterocycles. The van der Waals surface area contributed by atoms with Gasteiger partial charge in [-0.05, 0) is 48.7 Å². The average Bonchev–Trinajstić information content (AvgIpc) is 2.46. The molecule has 0 saturated carbocycles. The van der Waals surface area contributed by atoms with Crippen molar-refractivity contribution >= 4 is 21.7 Å². The van der Waals surface area contributed by atoms with E-state index in [1.54, 1.807) is 6.20 Å². The van der Waals surface area contributed by atoms with Gasteiger partial charge in [0.25, 0.3) is 0 Å². The lowest BCUT2D eigenvalue weighted by molar-refractivity contribution is 0.501. The molecule has 0 N–H and O–H groups in total. The molecule has 4 heteroatoms. The molecule has 2 rings (SSSR count). The zero-order valence-corrected chi connectivity index (χ0v) is 10.5. The van der Waals surface area contributed by atoms with E-state index >= 15 is 0 Å². The van der Waals surface area contributed by atoms with E-state index in [4.69, 9.17) is 0 Å². The Morgan fingerprint density at radius 2 is 2.27 bits per heavy atom. The van der Waals surface area contributed by atoms with E-state index in [0.717, 1.165) is 19.4 Å². The predicted molar refractivity (Wildman–Crippen MR) is 62.6 cm³/mol. The maximum atomic E-state index is 13.7. The number of halogens is 2. The van der Waals surface area contributed by atoms with Crippen molar-refractivity contribution in [3.8, 4) is 0 Å². The van der Waals surface area contributed by atoms with Crippen molar-refractivity contribution in [1.29, 1.82) is 0 Å². The van der Waals surface area contributed by atoms with Gasteiger partial charge in [0, 0.05) is 22.8 Å².